The summed E-state index contributed by atoms with van der Waals surface area (Å²) in [5.74, 6) is 0. The zero-order valence-electron chi connectivity index (χ0n) is 9.10. The molecule has 2 rings (SSSR count). The van der Waals surface area contributed by atoms with Gasteiger partial charge in [-0.05, 0) is 46.9 Å². The van der Waals surface area contributed by atoms with Crippen LogP contribution < -0.4 is 5.73 Å². The Morgan fingerprint density at radius 2 is 2.31 bits per heavy atom. The lowest BCUT2D eigenvalue weighted by Gasteiger charge is -2.30. The number of pyridine rings is 1. The SMILES string of the molecule is Cl.NC1CCCN(Cc2cncc(Br)c2)C1. The van der Waals surface area contributed by atoms with E-state index in [9.17, 15) is 0 Å². The minimum absolute atomic E-state index is 0. The smallest absolute Gasteiger partial charge is 0.0410 e. The van der Waals surface area contributed by atoms with Crippen molar-refractivity contribution in [2.24, 2.45) is 5.73 Å². The topological polar surface area (TPSA) is 42.1 Å². The summed E-state index contributed by atoms with van der Waals surface area (Å²) in [6.45, 7) is 3.12. The molecule has 1 aliphatic heterocycles. The Labute approximate surface area is 111 Å². The first-order valence-electron chi connectivity index (χ1n) is 5.31. The fourth-order valence-electron chi connectivity index (χ4n) is 2.04. The van der Waals surface area contributed by atoms with Gasteiger partial charge in [0.25, 0.3) is 0 Å². The van der Waals surface area contributed by atoms with Gasteiger partial charge in [0.1, 0.15) is 0 Å². The highest BCUT2D eigenvalue weighted by molar-refractivity contribution is 9.10. The second-order valence-corrected chi connectivity index (χ2v) is 5.06. The van der Waals surface area contributed by atoms with E-state index in [1.165, 1.54) is 12.0 Å². The fraction of sp³-hybridized carbons (Fsp3) is 0.545. The third-order valence-electron chi connectivity index (χ3n) is 2.71. The number of hydrogen-bond donors (Lipinski definition) is 1. The van der Waals surface area contributed by atoms with Crippen LogP contribution in [-0.4, -0.2) is 29.0 Å². The molecule has 1 atom stereocenters. The third kappa shape index (κ3) is 4.01. The number of rotatable bonds is 2. The lowest BCUT2D eigenvalue weighted by molar-refractivity contribution is 0.201. The Morgan fingerprint density at radius 3 is 3.00 bits per heavy atom. The molecular weight excluding hydrogens is 289 g/mol. The predicted octanol–water partition coefficient (Wildman–Crippen LogP) is 2.19. The van der Waals surface area contributed by atoms with E-state index < -0.39 is 0 Å². The molecule has 1 aromatic heterocycles. The van der Waals surface area contributed by atoms with Gasteiger partial charge in [0.15, 0.2) is 0 Å². The summed E-state index contributed by atoms with van der Waals surface area (Å²) in [5.41, 5.74) is 7.19. The van der Waals surface area contributed by atoms with E-state index in [0.29, 0.717) is 6.04 Å². The third-order valence-corrected chi connectivity index (χ3v) is 3.14. The molecule has 16 heavy (non-hydrogen) atoms. The summed E-state index contributed by atoms with van der Waals surface area (Å²) < 4.78 is 1.04. The van der Waals surface area contributed by atoms with Crippen molar-refractivity contribution < 1.29 is 0 Å². The minimum Gasteiger partial charge on any atom is -0.327 e. The molecule has 1 fully saturated rings. The first kappa shape index (κ1) is 13.9. The lowest BCUT2D eigenvalue weighted by Crippen LogP contribution is -2.42. The highest BCUT2D eigenvalue weighted by Crippen LogP contribution is 2.14. The van der Waals surface area contributed by atoms with Crippen molar-refractivity contribution in [3.63, 3.8) is 0 Å². The molecular formula is C11H17BrClN3. The second kappa shape index (κ2) is 6.55. The molecule has 0 spiro atoms. The maximum atomic E-state index is 5.94. The van der Waals surface area contributed by atoms with Crippen LogP contribution in [0.3, 0.4) is 0 Å². The van der Waals surface area contributed by atoms with Gasteiger partial charge >= 0.3 is 0 Å². The van der Waals surface area contributed by atoms with Crippen LogP contribution in [0.1, 0.15) is 18.4 Å². The quantitative estimate of drug-likeness (QED) is 0.911. The molecule has 2 N–H and O–H groups in total. The van der Waals surface area contributed by atoms with Gasteiger partial charge in [-0.15, -0.1) is 12.4 Å². The molecule has 0 radical (unpaired) electrons. The number of piperidine rings is 1. The molecule has 1 aromatic rings. The highest BCUT2D eigenvalue weighted by Gasteiger charge is 2.16. The first-order chi connectivity index (χ1) is 7.24. The predicted molar refractivity (Wildman–Crippen MR) is 71.7 cm³/mol. The summed E-state index contributed by atoms with van der Waals surface area (Å²) in [7, 11) is 0. The van der Waals surface area contributed by atoms with Gasteiger partial charge in [-0.3, -0.25) is 9.88 Å². The first-order valence-corrected chi connectivity index (χ1v) is 6.11. The maximum Gasteiger partial charge on any atom is 0.0410 e. The maximum absolute atomic E-state index is 5.94. The normalized spacial score (nSPS) is 21.5. The van der Waals surface area contributed by atoms with Crippen molar-refractivity contribution >= 4 is 28.3 Å². The van der Waals surface area contributed by atoms with Crippen LogP contribution in [0.5, 0.6) is 0 Å². The highest BCUT2D eigenvalue weighted by atomic mass is 79.9. The molecule has 0 saturated carbocycles. The van der Waals surface area contributed by atoms with E-state index >= 15 is 0 Å². The van der Waals surface area contributed by atoms with Gasteiger partial charge in [-0.25, -0.2) is 0 Å². The molecule has 2 heterocycles. The van der Waals surface area contributed by atoms with Gasteiger partial charge in [0.05, 0.1) is 0 Å². The van der Waals surface area contributed by atoms with Crippen molar-refractivity contribution in [3.05, 3.63) is 28.5 Å². The average molecular weight is 307 g/mol. The summed E-state index contributed by atoms with van der Waals surface area (Å²) >= 11 is 3.43. The Balaban J connectivity index is 0.00000128. The molecule has 1 aliphatic rings. The summed E-state index contributed by atoms with van der Waals surface area (Å²) in [6.07, 6.45) is 6.10. The van der Waals surface area contributed by atoms with Crippen molar-refractivity contribution in [1.29, 1.82) is 0 Å². The molecule has 1 unspecified atom stereocenters. The summed E-state index contributed by atoms with van der Waals surface area (Å²) in [5, 5.41) is 0. The van der Waals surface area contributed by atoms with Crippen LogP contribution in [0.25, 0.3) is 0 Å². The van der Waals surface area contributed by atoms with Gasteiger partial charge in [0, 0.05) is 36.0 Å². The van der Waals surface area contributed by atoms with Crippen LogP contribution in [0.15, 0.2) is 22.9 Å². The molecule has 90 valence electrons. The Hall–Kier alpha value is -0.160. The van der Waals surface area contributed by atoms with E-state index in [-0.39, 0.29) is 12.4 Å². The number of nitrogens with two attached hydrogens (primary N) is 1. The molecule has 0 amide bonds. The largest absolute Gasteiger partial charge is 0.327 e. The van der Waals surface area contributed by atoms with Crippen molar-refractivity contribution in [2.75, 3.05) is 13.1 Å². The van der Waals surface area contributed by atoms with Crippen molar-refractivity contribution in [1.82, 2.24) is 9.88 Å². The van der Waals surface area contributed by atoms with Crippen LogP contribution in [0.4, 0.5) is 0 Å². The monoisotopic (exact) mass is 305 g/mol. The standard InChI is InChI=1S/C11H16BrN3.ClH/c12-10-4-9(5-14-6-10)7-15-3-1-2-11(13)8-15;/h4-6,11H,1-3,7-8,13H2;1H. The van der Waals surface area contributed by atoms with Crippen LogP contribution in [-0.2, 0) is 6.54 Å². The van der Waals surface area contributed by atoms with Gasteiger partial charge in [-0.1, -0.05) is 0 Å². The van der Waals surface area contributed by atoms with E-state index in [4.69, 9.17) is 5.73 Å². The van der Waals surface area contributed by atoms with Gasteiger partial charge < -0.3 is 5.73 Å². The number of aromatic nitrogens is 1. The number of halogens is 2. The van der Waals surface area contributed by atoms with E-state index in [1.807, 2.05) is 12.4 Å². The Morgan fingerprint density at radius 1 is 1.50 bits per heavy atom. The number of nitrogens with zero attached hydrogens (tertiary/aromatic N) is 2. The molecule has 1 saturated heterocycles. The molecule has 0 aromatic carbocycles. The molecule has 0 aliphatic carbocycles. The van der Waals surface area contributed by atoms with Crippen molar-refractivity contribution in [2.45, 2.75) is 25.4 Å². The molecule has 5 heteroatoms. The average Bonchev–Trinajstić information content (AvgIpc) is 2.17. The van der Waals surface area contributed by atoms with Crippen molar-refractivity contribution in [3.8, 4) is 0 Å². The van der Waals surface area contributed by atoms with Crippen LogP contribution in [0.2, 0.25) is 0 Å². The Bertz CT molecular complexity index is 335. The zero-order chi connectivity index (χ0) is 10.7. The van der Waals surface area contributed by atoms with Gasteiger partial charge in [-0.2, -0.15) is 0 Å². The molecule has 0 bridgehead atoms. The minimum atomic E-state index is 0. The number of hydrogen-bond acceptors (Lipinski definition) is 3. The van der Waals surface area contributed by atoms with Gasteiger partial charge in [0.2, 0.25) is 0 Å². The van der Waals surface area contributed by atoms with E-state index in [2.05, 4.69) is 31.9 Å². The zero-order valence-corrected chi connectivity index (χ0v) is 11.5. The second-order valence-electron chi connectivity index (χ2n) is 4.15. The summed E-state index contributed by atoms with van der Waals surface area (Å²) in [6, 6.07) is 2.46. The van der Waals surface area contributed by atoms with Crippen LogP contribution >= 0.6 is 28.3 Å². The Kier molecular flexibility index (Phi) is 5.69. The summed E-state index contributed by atoms with van der Waals surface area (Å²) in [4.78, 5) is 6.56. The fourth-order valence-corrected chi connectivity index (χ4v) is 2.45. The van der Waals surface area contributed by atoms with Crippen LogP contribution in [0, 0.1) is 0 Å². The van der Waals surface area contributed by atoms with E-state index in [0.717, 1.165) is 30.5 Å². The molecule has 3 nitrogen and oxygen atoms in total. The van der Waals surface area contributed by atoms with E-state index in [1.54, 1.807) is 0 Å². The lowest BCUT2D eigenvalue weighted by atomic mass is 10.1. The number of likely N-dealkylation sites (tertiary alicyclic amines) is 1.